The first kappa shape index (κ1) is 24.9. The van der Waals surface area contributed by atoms with E-state index in [1.54, 1.807) is 0 Å². The number of para-hydroxylation sites is 1. The highest BCUT2D eigenvalue weighted by atomic mass is 16.1. The minimum Gasteiger partial charge on any atom is -0.382 e. The molecule has 6 rings (SSSR count). The van der Waals surface area contributed by atoms with Crippen LogP contribution in [0.4, 0.5) is 11.5 Å². The van der Waals surface area contributed by atoms with E-state index < -0.39 is 0 Å². The number of likely N-dealkylation sites (tertiary alicyclic amines) is 1. The maximum Gasteiger partial charge on any atom is 0.256 e. The first-order valence-electron chi connectivity index (χ1n) is 13.6. The van der Waals surface area contributed by atoms with Crippen molar-refractivity contribution in [3.8, 4) is 11.4 Å². The lowest BCUT2D eigenvalue weighted by Crippen LogP contribution is -2.36. The second kappa shape index (κ2) is 10.8. The molecule has 0 saturated carbocycles. The van der Waals surface area contributed by atoms with Gasteiger partial charge in [-0.2, -0.15) is 5.10 Å². The number of benzene rings is 3. The van der Waals surface area contributed by atoms with Gasteiger partial charge in [0.15, 0.2) is 0 Å². The molecule has 198 valence electrons. The Morgan fingerprint density at radius 1 is 0.974 bits per heavy atom. The maximum atomic E-state index is 13.0. The summed E-state index contributed by atoms with van der Waals surface area (Å²) in [6.07, 6.45) is 2.26. The van der Waals surface area contributed by atoms with Gasteiger partial charge in [0.1, 0.15) is 11.5 Å². The molecule has 0 unspecified atom stereocenters. The van der Waals surface area contributed by atoms with Crippen LogP contribution in [-0.4, -0.2) is 51.8 Å². The zero-order chi connectivity index (χ0) is 26.8. The fraction of sp³-hybridized carbons (Fsp3) is 0.250. The molecule has 3 N–H and O–H groups in total. The van der Waals surface area contributed by atoms with Gasteiger partial charge in [0.25, 0.3) is 5.91 Å². The summed E-state index contributed by atoms with van der Waals surface area (Å²) in [5, 5.41) is 15.3. The molecule has 1 aliphatic rings. The SMILES string of the molecule is Cc1ccc(Cn2c(-c3cc(NC(=O)c4ccc(NC5CCN(C)CC5)cc4)[nH]n3)cc3ccccc32)cc1. The van der Waals surface area contributed by atoms with Crippen LogP contribution in [-0.2, 0) is 6.54 Å². The number of hydrogen-bond acceptors (Lipinski definition) is 4. The summed E-state index contributed by atoms with van der Waals surface area (Å²) < 4.78 is 2.28. The van der Waals surface area contributed by atoms with Crippen molar-refractivity contribution in [1.29, 1.82) is 0 Å². The molecule has 0 radical (unpaired) electrons. The van der Waals surface area contributed by atoms with Crippen molar-refractivity contribution in [3.05, 3.63) is 102 Å². The van der Waals surface area contributed by atoms with Gasteiger partial charge in [0.2, 0.25) is 0 Å². The molecule has 3 heterocycles. The molecule has 1 saturated heterocycles. The summed E-state index contributed by atoms with van der Waals surface area (Å²) in [5.74, 6) is 0.395. The van der Waals surface area contributed by atoms with E-state index in [4.69, 9.17) is 0 Å². The van der Waals surface area contributed by atoms with Crippen molar-refractivity contribution in [3.63, 3.8) is 0 Å². The number of aromatic nitrogens is 3. The summed E-state index contributed by atoms with van der Waals surface area (Å²) in [6, 6.07) is 29.2. The molecular formula is C32H34N6O. The normalized spacial score (nSPS) is 14.5. The van der Waals surface area contributed by atoms with E-state index in [9.17, 15) is 4.79 Å². The minimum absolute atomic E-state index is 0.170. The van der Waals surface area contributed by atoms with Gasteiger partial charge in [-0.1, -0.05) is 48.0 Å². The number of anilines is 2. The van der Waals surface area contributed by atoms with Crippen LogP contribution in [0.15, 0.2) is 84.9 Å². The second-order valence-electron chi connectivity index (χ2n) is 10.6. The lowest BCUT2D eigenvalue weighted by Gasteiger charge is -2.30. The maximum absolute atomic E-state index is 13.0. The Bertz CT molecular complexity index is 1570. The van der Waals surface area contributed by atoms with Crippen molar-refractivity contribution in [2.45, 2.75) is 32.4 Å². The number of nitrogens with one attached hydrogen (secondary N) is 3. The summed E-state index contributed by atoms with van der Waals surface area (Å²) in [5.41, 5.74) is 7.05. The predicted octanol–water partition coefficient (Wildman–Crippen LogP) is 6.15. The molecule has 0 atom stereocenters. The molecule has 1 fully saturated rings. The van der Waals surface area contributed by atoms with E-state index in [0.29, 0.717) is 17.4 Å². The molecule has 39 heavy (non-hydrogen) atoms. The van der Waals surface area contributed by atoms with Crippen molar-refractivity contribution >= 4 is 28.3 Å². The monoisotopic (exact) mass is 518 g/mol. The van der Waals surface area contributed by atoms with Gasteiger partial charge in [-0.25, -0.2) is 0 Å². The average molecular weight is 519 g/mol. The van der Waals surface area contributed by atoms with E-state index in [2.05, 4.69) is 92.8 Å². The number of nitrogens with zero attached hydrogens (tertiary/aromatic N) is 3. The number of piperidine rings is 1. The summed E-state index contributed by atoms with van der Waals surface area (Å²) in [4.78, 5) is 15.3. The van der Waals surface area contributed by atoms with Gasteiger partial charge in [0.05, 0.1) is 5.69 Å². The number of carbonyl (C=O) groups is 1. The molecule has 2 aromatic heterocycles. The molecule has 0 aliphatic carbocycles. The van der Waals surface area contributed by atoms with Crippen LogP contribution in [0.25, 0.3) is 22.3 Å². The van der Waals surface area contributed by atoms with Gasteiger partial charge < -0.3 is 20.1 Å². The Balaban J connectivity index is 1.17. The van der Waals surface area contributed by atoms with Gasteiger partial charge >= 0.3 is 0 Å². The number of amides is 1. The molecule has 3 aromatic carbocycles. The highest BCUT2D eigenvalue weighted by molar-refractivity contribution is 6.04. The molecule has 7 heteroatoms. The van der Waals surface area contributed by atoms with E-state index in [1.165, 1.54) is 11.1 Å². The van der Waals surface area contributed by atoms with Crippen LogP contribution < -0.4 is 10.6 Å². The van der Waals surface area contributed by atoms with Gasteiger partial charge in [-0.05, 0) is 81.9 Å². The Morgan fingerprint density at radius 2 is 1.72 bits per heavy atom. The highest BCUT2D eigenvalue weighted by Crippen LogP contribution is 2.29. The quantitative estimate of drug-likeness (QED) is 0.242. The molecule has 0 bridgehead atoms. The van der Waals surface area contributed by atoms with Crippen molar-refractivity contribution < 1.29 is 4.79 Å². The topological polar surface area (TPSA) is 78.0 Å². The number of aryl methyl sites for hydroxylation is 1. The van der Waals surface area contributed by atoms with Crippen LogP contribution in [0.2, 0.25) is 0 Å². The second-order valence-corrected chi connectivity index (χ2v) is 10.6. The Kier molecular flexibility index (Phi) is 6.90. The zero-order valence-electron chi connectivity index (χ0n) is 22.4. The largest absolute Gasteiger partial charge is 0.382 e. The molecule has 7 nitrogen and oxygen atoms in total. The molecule has 0 spiro atoms. The Morgan fingerprint density at radius 3 is 2.49 bits per heavy atom. The third kappa shape index (κ3) is 5.59. The summed E-state index contributed by atoms with van der Waals surface area (Å²) in [6.45, 7) is 5.05. The fourth-order valence-corrected chi connectivity index (χ4v) is 5.29. The third-order valence-corrected chi connectivity index (χ3v) is 7.60. The smallest absolute Gasteiger partial charge is 0.256 e. The molecular weight excluding hydrogens is 484 g/mol. The number of H-pyrrole nitrogens is 1. The standard InChI is InChI=1S/C32H34N6O/c1-22-7-9-23(10-8-22)21-38-29-6-4-3-5-25(29)19-30(38)28-20-31(36-35-28)34-32(39)24-11-13-26(14-12-24)33-27-15-17-37(2)18-16-27/h3-14,19-20,27,33H,15-18,21H2,1-2H3,(H2,34,35,36,39). The van der Waals surface area contributed by atoms with Crippen molar-refractivity contribution in [2.24, 2.45) is 0 Å². The number of rotatable bonds is 7. The number of fused-ring (bicyclic) bond motifs is 1. The molecule has 1 aliphatic heterocycles. The van der Waals surface area contributed by atoms with Gasteiger partial charge in [0, 0.05) is 40.8 Å². The summed E-state index contributed by atoms with van der Waals surface area (Å²) in [7, 11) is 2.16. The molecule has 5 aromatic rings. The predicted molar refractivity (Wildman–Crippen MR) is 158 cm³/mol. The Labute approximate surface area is 228 Å². The first-order chi connectivity index (χ1) is 19.0. The van der Waals surface area contributed by atoms with E-state index in [-0.39, 0.29) is 5.91 Å². The fourth-order valence-electron chi connectivity index (χ4n) is 5.29. The average Bonchev–Trinajstić information content (AvgIpc) is 3.56. The first-order valence-corrected chi connectivity index (χ1v) is 13.6. The third-order valence-electron chi connectivity index (χ3n) is 7.60. The summed E-state index contributed by atoms with van der Waals surface area (Å²) >= 11 is 0. The van der Waals surface area contributed by atoms with E-state index in [0.717, 1.165) is 60.5 Å². The van der Waals surface area contributed by atoms with E-state index in [1.807, 2.05) is 36.4 Å². The molecule has 1 amide bonds. The van der Waals surface area contributed by atoms with Crippen LogP contribution in [0.3, 0.4) is 0 Å². The van der Waals surface area contributed by atoms with Crippen molar-refractivity contribution in [1.82, 2.24) is 19.7 Å². The van der Waals surface area contributed by atoms with Crippen LogP contribution >= 0.6 is 0 Å². The van der Waals surface area contributed by atoms with Crippen LogP contribution in [0, 0.1) is 6.92 Å². The Hall–Kier alpha value is -4.36. The number of aromatic amines is 1. The minimum atomic E-state index is -0.170. The van der Waals surface area contributed by atoms with Crippen LogP contribution in [0.5, 0.6) is 0 Å². The highest BCUT2D eigenvalue weighted by Gasteiger charge is 2.17. The number of hydrogen-bond donors (Lipinski definition) is 3. The lowest BCUT2D eigenvalue weighted by atomic mass is 10.0. The van der Waals surface area contributed by atoms with Crippen LogP contribution in [0.1, 0.15) is 34.3 Å². The number of carbonyl (C=O) groups excluding carboxylic acids is 1. The van der Waals surface area contributed by atoms with Gasteiger partial charge in [-0.15, -0.1) is 0 Å². The van der Waals surface area contributed by atoms with Crippen molar-refractivity contribution in [2.75, 3.05) is 30.8 Å². The lowest BCUT2D eigenvalue weighted by molar-refractivity contribution is 0.102. The van der Waals surface area contributed by atoms with E-state index >= 15 is 0 Å². The van der Waals surface area contributed by atoms with Gasteiger partial charge in [-0.3, -0.25) is 9.89 Å². The zero-order valence-corrected chi connectivity index (χ0v) is 22.4.